The minimum atomic E-state index is -0.883. The van der Waals surface area contributed by atoms with Crippen molar-refractivity contribution in [2.45, 2.75) is 19.4 Å². The molecule has 0 aromatic heterocycles. The van der Waals surface area contributed by atoms with E-state index in [0.29, 0.717) is 5.69 Å². The van der Waals surface area contributed by atoms with Gasteiger partial charge in [-0.2, -0.15) is 0 Å². The number of para-hydroxylation sites is 1. The van der Waals surface area contributed by atoms with Crippen molar-refractivity contribution >= 4 is 27.7 Å². The molecule has 1 N–H and O–H groups in total. The first-order valence-corrected chi connectivity index (χ1v) is 7.58. The van der Waals surface area contributed by atoms with Gasteiger partial charge in [-0.25, -0.2) is 4.79 Å². The fourth-order valence-electron chi connectivity index (χ4n) is 1.68. The van der Waals surface area contributed by atoms with Crippen molar-refractivity contribution in [3.05, 3.63) is 64.6 Å². The number of rotatable bonds is 2. The molecule has 4 heteroatoms. The second-order valence-electron chi connectivity index (χ2n) is 5.15. The van der Waals surface area contributed by atoms with Gasteiger partial charge in [0.05, 0.1) is 0 Å². The van der Waals surface area contributed by atoms with Gasteiger partial charge in [0.2, 0.25) is 0 Å². The molecule has 2 aromatic carbocycles. The van der Waals surface area contributed by atoms with E-state index in [-0.39, 0.29) is 0 Å². The molecule has 0 aliphatic carbocycles. The molecule has 0 heterocycles. The Morgan fingerprint density at radius 3 is 2.36 bits per heavy atom. The van der Waals surface area contributed by atoms with Crippen LogP contribution < -0.4 is 5.32 Å². The fourth-order valence-corrected chi connectivity index (χ4v) is 1.94. The van der Waals surface area contributed by atoms with Crippen LogP contribution in [-0.2, 0) is 4.74 Å². The van der Waals surface area contributed by atoms with E-state index < -0.39 is 11.7 Å². The Labute approximate surface area is 138 Å². The van der Waals surface area contributed by atoms with E-state index in [1.165, 1.54) is 0 Å². The lowest BCUT2D eigenvalue weighted by molar-refractivity contribution is 0.0905. The van der Waals surface area contributed by atoms with Crippen molar-refractivity contribution < 1.29 is 9.53 Å². The fraction of sp³-hybridized carbons (Fsp3) is 0.167. The number of amides is 1. The molecule has 0 bridgehead atoms. The zero-order valence-corrected chi connectivity index (χ0v) is 14.0. The number of hydrogen-bond donors (Lipinski definition) is 1. The first-order valence-electron chi connectivity index (χ1n) is 6.78. The summed E-state index contributed by atoms with van der Waals surface area (Å²) in [5, 5.41) is 2.67. The maximum atomic E-state index is 11.9. The minimum absolute atomic E-state index is 0.527. The summed E-state index contributed by atoms with van der Waals surface area (Å²) in [6.07, 6.45) is -0.527. The van der Waals surface area contributed by atoms with E-state index in [4.69, 9.17) is 4.74 Å². The Hall–Kier alpha value is -2.25. The Morgan fingerprint density at radius 1 is 1.09 bits per heavy atom. The monoisotopic (exact) mass is 357 g/mol. The van der Waals surface area contributed by atoms with Gasteiger partial charge >= 0.3 is 6.09 Å². The third-order valence-electron chi connectivity index (χ3n) is 2.72. The number of anilines is 1. The first-order chi connectivity index (χ1) is 10.4. The highest BCUT2D eigenvalue weighted by Crippen LogP contribution is 2.13. The van der Waals surface area contributed by atoms with E-state index in [2.05, 4.69) is 33.1 Å². The molecule has 1 amide bonds. The van der Waals surface area contributed by atoms with E-state index in [0.717, 1.165) is 10.0 Å². The van der Waals surface area contributed by atoms with Gasteiger partial charge in [0, 0.05) is 15.7 Å². The average Bonchev–Trinajstić information content (AvgIpc) is 2.47. The van der Waals surface area contributed by atoms with Crippen LogP contribution in [0, 0.1) is 11.8 Å². The summed E-state index contributed by atoms with van der Waals surface area (Å²) in [6, 6.07) is 16.8. The number of nitrogens with one attached hydrogen (secondary N) is 1. The lowest BCUT2D eigenvalue weighted by atomic mass is 10.1. The molecule has 0 atom stereocenters. The van der Waals surface area contributed by atoms with Gasteiger partial charge in [0.15, 0.2) is 5.60 Å². The van der Waals surface area contributed by atoms with Crippen LogP contribution in [0.3, 0.4) is 0 Å². The molecule has 0 spiro atoms. The smallest absolute Gasteiger partial charge is 0.413 e. The van der Waals surface area contributed by atoms with Crippen molar-refractivity contribution in [3.8, 4) is 11.8 Å². The zero-order valence-electron chi connectivity index (χ0n) is 12.4. The molecule has 0 saturated carbocycles. The summed E-state index contributed by atoms with van der Waals surface area (Å²) in [5.41, 5.74) is 0.666. The molecule has 0 radical (unpaired) electrons. The lowest BCUT2D eigenvalue weighted by Gasteiger charge is -2.19. The van der Waals surface area contributed by atoms with Crippen LogP contribution in [0.2, 0.25) is 0 Å². The van der Waals surface area contributed by atoms with Crippen molar-refractivity contribution in [3.63, 3.8) is 0 Å². The highest BCUT2D eigenvalue weighted by molar-refractivity contribution is 9.10. The van der Waals surface area contributed by atoms with Gasteiger partial charge in [-0.15, -0.1) is 0 Å². The van der Waals surface area contributed by atoms with E-state index in [1.807, 2.05) is 42.5 Å². The maximum absolute atomic E-state index is 11.9. The number of benzene rings is 2. The quantitative estimate of drug-likeness (QED) is 0.781. The number of hydrogen-bond acceptors (Lipinski definition) is 2. The maximum Gasteiger partial charge on any atom is 0.413 e. The molecule has 0 aliphatic heterocycles. The molecule has 2 rings (SSSR count). The van der Waals surface area contributed by atoms with Crippen LogP contribution in [0.4, 0.5) is 10.5 Å². The molecular weight excluding hydrogens is 342 g/mol. The largest absolute Gasteiger partial charge is 0.430 e. The van der Waals surface area contributed by atoms with Gasteiger partial charge in [-0.1, -0.05) is 46.0 Å². The topological polar surface area (TPSA) is 38.3 Å². The van der Waals surface area contributed by atoms with Gasteiger partial charge in [0.1, 0.15) is 0 Å². The van der Waals surface area contributed by atoms with E-state index in [1.54, 1.807) is 26.0 Å². The number of carbonyl (C=O) groups is 1. The predicted molar refractivity (Wildman–Crippen MR) is 91.6 cm³/mol. The van der Waals surface area contributed by atoms with Crippen LogP contribution >= 0.6 is 15.9 Å². The number of ether oxygens (including phenoxy) is 1. The van der Waals surface area contributed by atoms with Crippen molar-refractivity contribution in [1.29, 1.82) is 0 Å². The van der Waals surface area contributed by atoms with E-state index >= 15 is 0 Å². The lowest BCUT2D eigenvalue weighted by Crippen LogP contribution is -2.29. The molecular formula is C18H16BrNO2. The van der Waals surface area contributed by atoms with Crippen LogP contribution in [0.5, 0.6) is 0 Å². The number of halogens is 1. The van der Waals surface area contributed by atoms with Crippen LogP contribution in [0.1, 0.15) is 19.4 Å². The molecule has 0 aliphatic rings. The third kappa shape index (κ3) is 5.27. The van der Waals surface area contributed by atoms with E-state index in [9.17, 15) is 4.79 Å². The average molecular weight is 358 g/mol. The second-order valence-corrected chi connectivity index (χ2v) is 6.06. The Kier molecular flexibility index (Phi) is 5.24. The van der Waals surface area contributed by atoms with Crippen LogP contribution in [-0.4, -0.2) is 11.7 Å². The standard InChI is InChI=1S/C18H16BrNO2/c1-18(2,13-12-14-8-10-15(19)11-9-14)22-17(21)20-16-6-4-3-5-7-16/h3-11H,1-2H3,(H,20,21). The Balaban J connectivity index is 1.99. The van der Waals surface area contributed by atoms with Gasteiger partial charge in [0.25, 0.3) is 0 Å². The summed E-state index contributed by atoms with van der Waals surface area (Å²) >= 11 is 3.37. The summed E-state index contributed by atoms with van der Waals surface area (Å²) in [5.74, 6) is 5.97. The van der Waals surface area contributed by atoms with Gasteiger partial charge in [-0.3, -0.25) is 5.32 Å². The predicted octanol–water partition coefficient (Wildman–Crippen LogP) is 4.83. The van der Waals surface area contributed by atoms with Crippen molar-refractivity contribution in [2.75, 3.05) is 5.32 Å². The SMILES string of the molecule is CC(C)(C#Cc1ccc(Br)cc1)OC(=O)Nc1ccccc1. The van der Waals surface area contributed by atoms with Crippen molar-refractivity contribution in [1.82, 2.24) is 0 Å². The first kappa shape index (κ1) is 16.1. The summed E-state index contributed by atoms with van der Waals surface area (Å²) in [4.78, 5) is 11.9. The normalized spacial score (nSPS) is 10.3. The molecule has 2 aromatic rings. The second kappa shape index (κ2) is 7.15. The molecule has 22 heavy (non-hydrogen) atoms. The highest BCUT2D eigenvalue weighted by atomic mass is 79.9. The van der Waals surface area contributed by atoms with Crippen LogP contribution in [0.25, 0.3) is 0 Å². The molecule has 112 valence electrons. The highest BCUT2D eigenvalue weighted by Gasteiger charge is 2.20. The summed E-state index contributed by atoms with van der Waals surface area (Å²) in [6.45, 7) is 3.51. The minimum Gasteiger partial charge on any atom is -0.430 e. The Bertz CT molecular complexity index is 697. The summed E-state index contributed by atoms with van der Waals surface area (Å²) in [7, 11) is 0. The van der Waals surface area contributed by atoms with Crippen LogP contribution in [0.15, 0.2) is 59.1 Å². The molecule has 0 fully saturated rings. The van der Waals surface area contributed by atoms with Gasteiger partial charge < -0.3 is 4.74 Å². The molecule has 0 saturated heterocycles. The molecule has 3 nitrogen and oxygen atoms in total. The molecule has 0 unspecified atom stereocenters. The van der Waals surface area contributed by atoms with Gasteiger partial charge in [-0.05, 0) is 50.2 Å². The third-order valence-corrected chi connectivity index (χ3v) is 3.25. The van der Waals surface area contributed by atoms with Crippen molar-refractivity contribution in [2.24, 2.45) is 0 Å². The number of carbonyl (C=O) groups excluding carboxylic acids is 1. The Morgan fingerprint density at radius 2 is 1.73 bits per heavy atom. The summed E-state index contributed by atoms with van der Waals surface area (Å²) < 4.78 is 6.35. The zero-order chi connectivity index (χ0) is 16.0.